The first-order valence-corrected chi connectivity index (χ1v) is 6.53. The minimum atomic E-state index is -0.810. The third-order valence-electron chi connectivity index (χ3n) is 2.49. The van der Waals surface area contributed by atoms with Crippen LogP contribution >= 0.6 is 15.9 Å². The molecular weight excluding hydrogens is 328 g/mol. The van der Waals surface area contributed by atoms with Gasteiger partial charge in [0.15, 0.2) is 0 Å². The van der Waals surface area contributed by atoms with Gasteiger partial charge in [-0.25, -0.2) is 8.78 Å². The van der Waals surface area contributed by atoms with Gasteiger partial charge in [-0.1, -0.05) is 28.1 Å². The molecule has 0 aliphatic carbocycles. The van der Waals surface area contributed by atoms with Crippen LogP contribution in [0.25, 0.3) is 6.08 Å². The van der Waals surface area contributed by atoms with Crippen LogP contribution in [0.2, 0.25) is 0 Å². The zero-order valence-electron chi connectivity index (χ0n) is 10.2. The summed E-state index contributed by atoms with van der Waals surface area (Å²) in [7, 11) is 0. The predicted molar refractivity (Wildman–Crippen MR) is 78.2 cm³/mol. The van der Waals surface area contributed by atoms with Gasteiger partial charge in [-0.15, -0.1) is 0 Å². The first kappa shape index (κ1) is 14.4. The molecule has 2 nitrogen and oxygen atoms in total. The molecule has 0 aliphatic heterocycles. The van der Waals surface area contributed by atoms with Gasteiger partial charge in [0.25, 0.3) is 0 Å². The van der Waals surface area contributed by atoms with Crippen LogP contribution in [0.5, 0.6) is 0 Å². The number of carbonyl (C=O) groups is 1. The number of rotatable bonds is 3. The van der Waals surface area contributed by atoms with E-state index < -0.39 is 17.5 Å². The van der Waals surface area contributed by atoms with Crippen molar-refractivity contribution in [2.75, 3.05) is 5.32 Å². The second kappa shape index (κ2) is 6.43. The molecule has 0 saturated carbocycles. The summed E-state index contributed by atoms with van der Waals surface area (Å²) in [5.41, 5.74) is 0.778. The standard InChI is InChI=1S/C15H10BrF2NO/c16-11-4-1-10(2-5-11)3-8-15(20)19-14-7-6-12(17)9-13(14)18/h1-9H,(H,19,20). The van der Waals surface area contributed by atoms with Crippen molar-refractivity contribution in [2.45, 2.75) is 0 Å². The number of hydrogen-bond acceptors (Lipinski definition) is 1. The number of halogens is 3. The molecule has 1 N–H and O–H groups in total. The molecule has 2 aromatic rings. The maximum Gasteiger partial charge on any atom is 0.248 e. The Bertz CT molecular complexity index is 653. The summed E-state index contributed by atoms with van der Waals surface area (Å²) in [6.45, 7) is 0. The zero-order valence-corrected chi connectivity index (χ0v) is 11.8. The van der Waals surface area contributed by atoms with Crippen molar-refractivity contribution in [3.05, 3.63) is 70.2 Å². The molecule has 0 bridgehead atoms. The summed E-state index contributed by atoms with van der Waals surface area (Å²) in [6, 6.07) is 10.3. The van der Waals surface area contributed by atoms with E-state index in [1.54, 1.807) is 6.08 Å². The van der Waals surface area contributed by atoms with E-state index >= 15 is 0 Å². The Morgan fingerprint density at radius 2 is 1.80 bits per heavy atom. The van der Waals surface area contributed by atoms with Crippen LogP contribution in [-0.4, -0.2) is 5.91 Å². The molecule has 2 aromatic carbocycles. The molecule has 0 aromatic heterocycles. The lowest BCUT2D eigenvalue weighted by Crippen LogP contribution is -2.09. The van der Waals surface area contributed by atoms with Gasteiger partial charge in [0, 0.05) is 16.6 Å². The van der Waals surface area contributed by atoms with E-state index in [2.05, 4.69) is 21.2 Å². The second-order valence-electron chi connectivity index (χ2n) is 4.00. The minimum Gasteiger partial charge on any atom is -0.320 e. The molecule has 0 heterocycles. The molecule has 0 spiro atoms. The molecule has 1 amide bonds. The van der Waals surface area contributed by atoms with Crippen LogP contribution in [0.4, 0.5) is 14.5 Å². The highest BCUT2D eigenvalue weighted by Gasteiger charge is 2.05. The molecule has 0 radical (unpaired) electrons. The fourth-order valence-corrected chi connectivity index (χ4v) is 1.78. The fourth-order valence-electron chi connectivity index (χ4n) is 1.51. The number of hydrogen-bond donors (Lipinski definition) is 1. The first-order valence-electron chi connectivity index (χ1n) is 5.74. The Kier molecular flexibility index (Phi) is 4.63. The van der Waals surface area contributed by atoms with Gasteiger partial charge in [-0.05, 0) is 35.9 Å². The van der Waals surface area contributed by atoms with E-state index in [1.165, 1.54) is 12.1 Å². The maximum atomic E-state index is 13.3. The van der Waals surface area contributed by atoms with Gasteiger partial charge >= 0.3 is 0 Å². The van der Waals surface area contributed by atoms with Crippen LogP contribution in [0.3, 0.4) is 0 Å². The Labute approximate surface area is 123 Å². The van der Waals surface area contributed by atoms with E-state index in [9.17, 15) is 13.6 Å². The number of anilines is 1. The molecule has 0 unspecified atom stereocenters. The highest BCUT2D eigenvalue weighted by atomic mass is 79.9. The van der Waals surface area contributed by atoms with E-state index in [-0.39, 0.29) is 5.69 Å². The highest BCUT2D eigenvalue weighted by Crippen LogP contribution is 2.15. The molecule has 0 aliphatic rings. The fraction of sp³-hybridized carbons (Fsp3) is 0. The SMILES string of the molecule is O=C(C=Cc1ccc(Br)cc1)Nc1ccc(F)cc1F. The summed E-state index contributed by atoms with van der Waals surface area (Å²) in [4.78, 5) is 11.6. The minimum absolute atomic E-state index is 0.0585. The number of nitrogens with one attached hydrogen (secondary N) is 1. The van der Waals surface area contributed by atoms with Crippen LogP contribution in [0.1, 0.15) is 5.56 Å². The third-order valence-corrected chi connectivity index (χ3v) is 3.01. The highest BCUT2D eigenvalue weighted by molar-refractivity contribution is 9.10. The van der Waals surface area contributed by atoms with Crippen molar-refractivity contribution >= 4 is 33.6 Å². The molecule has 0 atom stereocenters. The van der Waals surface area contributed by atoms with E-state index in [0.717, 1.165) is 16.1 Å². The quantitative estimate of drug-likeness (QED) is 0.827. The molecule has 0 fully saturated rings. The Hall–Kier alpha value is -2.01. The van der Waals surface area contributed by atoms with Crippen molar-refractivity contribution in [1.29, 1.82) is 0 Å². The molecular formula is C15H10BrF2NO. The van der Waals surface area contributed by atoms with Crippen LogP contribution in [0.15, 0.2) is 53.0 Å². The molecule has 20 heavy (non-hydrogen) atoms. The third kappa shape index (κ3) is 3.99. The molecule has 102 valence electrons. The number of amides is 1. The van der Waals surface area contributed by atoms with E-state index in [1.807, 2.05) is 24.3 Å². The smallest absolute Gasteiger partial charge is 0.248 e. The lowest BCUT2D eigenvalue weighted by atomic mass is 10.2. The van der Waals surface area contributed by atoms with Gasteiger partial charge in [-0.3, -0.25) is 4.79 Å². The van der Waals surface area contributed by atoms with Crippen molar-refractivity contribution in [3.8, 4) is 0 Å². The van der Waals surface area contributed by atoms with E-state index in [0.29, 0.717) is 6.07 Å². The Balaban J connectivity index is 2.03. The average molecular weight is 338 g/mol. The van der Waals surface area contributed by atoms with Gasteiger partial charge in [0.2, 0.25) is 5.91 Å². The first-order chi connectivity index (χ1) is 9.54. The lowest BCUT2D eigenvalue weighted by Gasteiger charge is -2.03. The zero-order chi connectivity index (χ0) is 14.5. The molecule has 5 heteroatoms. The monoisotopic (exact) mass is 337 g/mol. The summed E-state index contributed by atoms with van der Waals surface area (Å²) < 4.78 is 27.0. The number of benzene rings is 2. The maximum absolute atomic E-state index is 13.3. The van der Waals surface area contributed by atoms with E-state index in [4.69, 9.17) is 0 Å². The van der Waals surface area contributed by atoms with Crippen LogP contribution in [-0.2, 0) is 4.79 Å². The van der Waals surface area contributed by atoms with Crippen molar-refractivity contribution in [3.63, 3.8) is 0 Å². The molecule has 0 saturated heterocycles. The Morgan fingerprint density at radius 1 is 1.10 bits per heavy atom. The van der Waals surface area contributed by atoms with Crippen LogP contribution in [0, 0.1) is 11.6 Å². The molecule has 2 rings (SSSR count). The summed E-state index contributed by atoms with van der Waals surface area (Å²) >= 11 is 3.31. The van der Waals surface area contributed by atoms with Gasteiger partial charge < -0.3 is 5.32 Å². The summed E-state index contributed by atoms with van der Waals surface area (Å²) in [5, 5.41) is 2.34. The Morgan fingerprint density at radius 3 is 2.45 bits per heavy atom. The normalized spacial score (nSPS) is 10.8. The topological polar surface area (TPSA) is 29.1 Å². The van der Waals surface area contributed by atoms with Gasteiger partial charge in [-0.2, -0.15) is 0 Å². The van der Waals surface area contributed by atoms with Gasteiger partial charge in [0.05, 0.1) is 5.69 Å². The van der Waals surface area contributed by atoms with Crippen LogP contribution < -0.4 is 5.32 Å². The summed E-state index contributed by atoms with van der Waals surface area (Å²) in [6.07, 6.45) is 2.88. The summed E-state index contributed by atoms with van der Waals surface area (Å²) in [5.74, 6) is -1.99. The van der Waals surface area contributed by atoms with Crippen molar-refractivity contribution in [2.24, 2.45) is 0 Å². The average Bonchev–Trinajstić information content (AvgIpc) is 2.41. The van der Waals surface area contributed by atoms with Gasteiger partial charge in [0.1, 0.15) is 11.6 Å². The number of carbonyl (C=O) groups excluding carboxylic acids is 1. The van der Waals surface area contributed by atoms with Crippen molar-refractivity contribution in [1.82, 2.24) is 0 Å². The largest absolute Gasteiger partial charge is 0.320 e. The second-order valence-corrected chi connectivity index (χ2v) is 4.91. The lowest BCUT2D eigenvalue weighted by molar-refractivity contribution is -0.111. The van der Waals surface area contributed by atoms with Crippen molar-refractivity contribution < 1.29 is 13.6 Å². The predicted octanol–water partition coefficient (Wildman–Crippen LogP) is 4.38.